The van der Waals surface area contributed by atoms with Crippen LogP contribution in [-0.4, -0.2) is 91.0 Å². The first-order valence-electron chi connectivity index (χ1n) is 11.6. The van der Waals surface area contributed by atoms with Crippen LogP contribution in [-0.2, 0) is 30.2 Å². The number of hydrogen-bond acceptors (Lipinski definition) is 11. The van der Waals surface area contributed by atoms with Crippen molar-refractivity contribution in [1.29, 1.82) is 0 Å². The van der Waals surface area contributed by atoms with Crippen molar-refractivity contribution in [3.63, 3.8) is 0 Å². The number of aliphatic hydroxyl groups excluding tert-OH is 1. The third-order valence-electron chi connectivity index (χ3n) is 5.77. The Morgan fingerprint density at radius 1 is 1.20 bits per heavy atom. The highest BCUT2D eigenvalue weighted by Gasteiger charge is 2.49. The van der Waals surface area contributed by atoms with Crippen LogP contribution in [0.25, 0.3) is 11.2 Å². The Hall–Kier alpha value is -4.12. The van der Waals surface area contributed by atoms with Crippen molar-refractivity contribution in [1.82, 2.24) is 19.5 Å². The normalized spacial score (nSPS) is 13.9. The van der Waals surface area contributed by atoms with Crippen LogP contribution in [0.4, 0.5) is 20.7 Å². The zero-order valence-electron chi connectivity index (χ0n) is 21.2. The molecule has 0 aliphatic carbocycles. The minimum Gasteiger partial charge on any atom is -0.479 e. The van der Waals surface area contributed by atoms with Gasteiger partial charge in [-0.15, -0.1) is 0 Å². The van der Waals surface area contributed by atoms with E-state index in [-0.39, 0.29) is 34.4 Å². The number of benzene rings is 1. The number of nitrogens with zero attached hydrogens (tertiary/aromatic N) is 4. The lowest BCUT2D eigenvalue weighted by molar-refractivity contribution is -0.192. The number of carboxylic acid groups (broad SMARTS) is 2. The molecule has 0 saturated carbocycles. The van der Waals surface area contributed by atoms with E-state index in [2.05, 4.69) is 20.3 Å². The SMILES string of the molecule is CCOC(=O)Nc1ccc(CC(OC[C@@H](OC)[C@@H](O)[C@H](F)n2cnc3c(N)nc(Cl)nc32)(C(=O)O)C(=O)O)cc1. The van der Waals surface area contributed by atoms with Crippen molar-refractivity contribution in [2.24, 2.45) is 0 Å². The van der Waals surface area contributed by atoms with Crippen LogP contribution >= 0.6 is 11.6 Å². The highest BCUT2D eigenvalue weighted by Crippen LogP contribution is 2.27. The Labute approximate surface area is 230 Å². The molecule has 2 heterocycles. The number of rotatable bonds is 13. The van der Waals surface area contributed by atoms with E-state index in [4.69, 9.17) is 31.5 Å². The number of nitrogens with two attached hydrogens (primary N) is 1. The number of ether oxygens (including phenoxy) is 3. The summed E-state index contributed by atoms with van der Waals surface area (Å²) in [6.45, 7) is 0.934. The number of carbonyl (C=O) groups is 3. The van der Waals surface area contributed by atoms with Gasteiger partial charge in [0.15, 0.2) is 11.5 Å². The topological polar surface area (TPSA) is 221 Å². The molecule has 3 aromatic rings. The number of methoxy groups -OCH3 is 1. The number of nitrogen functional groups attached to an aromatic ring is 1. The second-order valence-corrected chi connectivity index (χ2v) is 8.64. The first-order chi connectivity index (χ1) is 18.9. The Morgan fingerprint density at radius 3 is 2.42 bits per heavy atom. The largest absolute Gasteiger partial charge is 0.479 e. The van der Waals surface area contributed by atoms with Gasteiger partial charge in [-0.1, -0.05) is 12.1 Å². The van der Waals surface area contributed by atoms with Gasteiger partial charge in [0, 0.05) is 19.2 Å². The average Bonchev–Trinajstić information content (AvgIpc) is 3.32. The number of carbonyl (C=O) groups excluding carboxylic acids is 1. The Bertz CT molecular complexity index is 1360. The van der Waals surface area contributed by atoms with E-state index >= 15 is 4.39 Å². The van der Waals surface area contributed by atoms with Crippen LogP contribution in [0, 0.1) is 0 Å². The molecule has 17 heteroatoms. The van der Waals surface area contributed by atoms with Crippen molar-refractivity contribution < 1.29 is 48.3 Å². The van der Waals surface area contributed by atoms with E-state index in [0.29, 0.717) is 5.69 Å². The molecule has 40 heavy (non-hydrogen) atoms. The van der Waals surface area contributed by atoms with E-state index < -0.39 is 55.2 Å². The van der Waals surface area contributed by atoms with Gasteiger partial charge in [-0.05, 0) is 36.2 Å². The quantitative estimate of drug-likeness (QED) is 0.142. The molecule has 3 atom stereocenters. The maximum Gasteiger partial charge on any atom is 0.411 e. The molecule has 1 amide bonds. The van der Waals surface area contributed by atoms with E-state index in [0.717, 1.165) is 18.0 Å². The summed E-state index contributed by atoms with van der Waals surface area (Å²) >= 11 is 5.79. The number of fused-ring (bicyclic) bond motifs is 1. The molecule has 0 fully saturated rings. The Kier molecular flexibility index (Phi) is 9.75. The summed E-state index contributed by atoms with van der Waals surface area (Å²) in [4.78, 5) is 47.3. The van der Waals surface area contributed by atoms with Crippen molar-refractivity contribution in [2.45, 2.75) is 37.4 Å². The number of nitrogens with one attached hydrogen (secondary N) is 1. The first-order valence-corrected chi connectivity index (χ1v) is 11.9. The summed E-state index contributed by atoms with van der Waals surface area (Å²) in [5, 5.41) is 32.5. The number of aliphatic carboxylic acids is 2. The van der Waals surface area contributed by atoms with Crippen molar-refractivity contribution >= 4 is 52.3 Å². The fourth-order valence-electron chi connectivity index (χ4n) is 3.66. The summed E-state index contributed by atoms with van der Waals surface area (Å²) in [7, 11) is 1.09. The van der Waals surface area contributed by atoms with Crippen LogP contribution < -0.4 is 11.1 Å². The van der Waals surface area contributed by atoms with Crippen LogP contribution in [0.2, 0.25) is 5.28 Å². The first kappa shape index (κ1) is 30.4. The summed E-state index contributed by atoms with van der Waals surface area (Å²) in [5.74, 6) is -3.82. The number of imidazole rings is 1. The molecule has 0 aliphatic rings. The number of carboxylic acids is 2. The van der Waals surface area contributed by atoms with Gasteiger partial charge in [0.25, 0.3) is 5.60 Å². The lowest BCUT2D eigenvalue weighted by Crippen LogP contribution is -2.53. The number of aromatic nitrogens is 4. The third kappa shape index (κ3) is 6.53. The zero-order valence-corrected chi connectivity index (χ0v) is 21.9. The molecule has 0 radical (unpaired) electrons. The van der Waals surface area contributed by atoms with E-state index in [1.54, 1.807) is 6.92 Å². The standard InChI is InChI=1S/C23H26ClFN6O9/c1-3-39-22(37)28-12-6-4-11(5-7-12)8-23(19(33)34,20(35)36)40-9-13(38-2)15(32)16(25)31-10-27-14-17(26)29-21(24)30-18(14)31/h4-7,10,13,15-16,32H,3,8-9H2,1-2H3,(H,28,37)(H,33,34)(H,35,36)(H2,26,29,30)/t13-,15-,16-/m1/s1. The smallest absolute Gasteiger partial charge is 0.411 e. The van der Waals surface area contributed by atoms with Gasteiger partial charge in [0.2, 0.25) is 11.6 Å². The van der Waals surface area contributed by atoms with E-state index in [1.165, 1.54) is 24.3 Å². The van der Waals surface area contributed by atoms with Gasteiger partial charge in [-0.2, -0.15) is 9.97 Å². The molecule has 0 unspecified atom stereocenters. The summed E-state index contributed by atoms with van der Waals surface area (Å²) < 4.78 is 31.4. The number of anilines is 2. The fourth-order valence-corrected chi connectivity index (χ4v) is 3.83. The third-order valence-corrected chi connectivity index (χ3v) is 5.94. The van der Waals surface area contributed by atoms with Crippen molar-refractivity contribution in [3.8, 4) is 0 Å². The molecule has 0 bridgehead atoms. The van der Waals surface area contributed by atoms with Gasteiger partial charge in [0.1, 0.15) is 17.7 Å². The molecule has 15 nitrogen and oxygen atoms in total. The van der Waals surface area contributed by atoms with Gasteiger partial charge >= 0.3 is 18.0 Å². The minimum atomic E-state index is -2.84. The monoisotopic (exact) mass is 584 g/mol. The zero-order chi connectivity index (χ0) is 29.6. The second-order valence-electron chi connectivity index (χ2n) is 8.31. The van der Waals surface area contributed by atoms with Crippen LogP contribution in [0.15, 0.2) is 30.6 Å². The van der Waals surface area contributed by atoms with Crippen LogP contribution in [0.3, 0.4) is 0 Å². The van der Waals surface area contributed by atoms with Crippen LogP contribution in [0.1, 0.15) is 18.8 Å². The second kappa shape index (κ2) is 12.8. The van der Waals surface area contributed by atoms with Crippen molar-refractivity contribution in [2.75, 3.05) is 31.4 Å². The molecule has 1 aromatic carbocycles. The summed E-state index contributed by atoms with van der Waals surface area (Å²) in [6, 6.07) is 5.59. The highest BCUT2D eigenvalue weighted by molar-refractivity contribution is 6.28. The van der Waals surface area contributed by atoms with Gasteiger partial charge in [0.05, 0.1) is 19.5 Å². The minimum absolute atomic E-state index is 0.0173. The number of halogens is 2. The summed E-state index contributed by atoms with van der Waals surface area (Å²) in [6.07, 6.45) is -6.20. The maximum atomic E-state index is 15.4. The average molecular weight is 585 g/mol. The van der Waals surface area contributed by atoms with Gasteiger partial charge in [-0.3, -0.25) is 9.88 Å². The molecule has 0 aliphatic heterocycles. The Balaban J connectivity index is 1.79. The Morgan fingerprint density at radius 2 is 1.85 bits per heavy atom. The number of amides is 1. The molecule has 216 valence electrons. The molecule has 2 aromatic heterocycles. The van der Waals surface area contributed by atoms with Gasteiger partial charge < -0.3 is 35.3 Å². The highest BCUT2D eigenvalue weighted by atomic mass is 35.5. The maximum absolute atomic E-state index is 15.4. The van der Waals surface area contributed by atoms with E-state index in [1.807, 2.05) is 0 Å². The predicted octanol–water partition coefficient (Wildman–Crippen LogP) is 1.64. The molecule has 0 saturated heterocycles. The van der Waals surface area contributed by atoms with Crippen molar-refractivity contribution in [3.05, 3.63) is 41.4 Å². The molecular weight excluding hydrogens is 559 g/mol. The summed E-state index contributed by atoms with van der Waals surface area (Å²) in [5.41, 5.74) is 3.29. The number of aliphatic hydroxyl groups is 1. The lowest BCUT2D eigenvalue weighted by Gasteiger charge is -2.30. The predicted molar refractivity (Wildman–Crippen MR) is 136 cm³/mol. The molecule has 3 rings (SSSR count). The number of alkyl halides is 1. The fraction of sp³-hybridized carbons (Fsp3) is 0.391. The lowest BCUT2D eigenvalue weighted by atomic mass is 9.94. The molecule has 0 spiro atoms. The number of hydrogen-bond donors (Lipinski definition) is 5. The van der Waals surface area contributed by atoms with Crippen LogP contribution in [0.5, 0.6) is 0 Å². The van der Waals surface area contributed by atoms with Gasteiger partial charge in [-0.25, -0.2) is 23.8 Å². The molecule has 6 N–H and O–H groups in total. The molecular formula is C23H26ClFN6O9. The van der Waals surface area contributed by atoms with E-state index in [9.17, 15) is 29.7 Å².